The van der Waals surface area contributed by atoms with Gasteiger partial charge in [-0.25, -0.2) is 0 Å². The molecule has 150 valence electrons. The van der Waals surface area contributed by atoms with E-state index in [0.29, 0.717) is 48.6 Å². The minimum Gasteiger partial charge on any atom is -0.508 e. The van der Waals surface area contributed by atoms with E-state index in [1.807, 2.05) is 6.92 Å². The second-order valence-corrected chi connectivity index (χ2v) is 7.00. The number of rotatable bonds is 4. The van der Waals surface area contributed by atoms with E-state index in [1.165, 1.54) is 28.0 Å². The SMILES string of the molecule is CCOc1ccc(N2CC(=O)N3CCCC(c4cc(O)ccc4O)=C3C2=O)cc1. The Morgan fingerprint density at radius 3 is 2.52 bits per heavy atom. The number of fused-ring (bicyclic) bond motifs is 1. The van der Waals surface area contributed by atoms with Crippen molar-refractivity contribution in [3.63, 3.8) is 0 Å². The summed E-state index contributed by atoms with van der Waals surface area (Å²) in [5, 5.41) is 20.2. The molecule has 0 saturated carbocycles. The van der Waals surface area contributed by atoms with E-state index in [0.717, 1.165) is 0 Å². The van der Waals surface area contributed by atoms with E-state index >= 15 is 0 Å². The van der Waals surface area contributed by atoms with Crippen LogP contribution in [0.25, 0.3) is 5.57 Å². The topological polar surface area (TPSA) is 90.3 Å². The summed E-state index contributed by atoms with van der Waals surface area (Å²) in [5.74, 6) is 0.166. The minimum atomic E-state index is -0.300. The first kappa shape index (κ1) is 18.9. The molecule has 0 radical (unpaired) electrons. The fraction of sp³-hybridized carbons (Fsp3) is 0.273. The summed E-state index contributed by atoms with van der Waals surface area (Å²) in [7, 11) is 0. The number of amides is 2. The first-order chi connectivity index (χ1) is 14.0. The van der Waals surface area contributed by atoms with Gasteiger partial charge in [0.05, 0.1) is 6.61 Å². The highest BCUT2D eigenvalue weighted by atomic mass is 16.5. The third-order valence-corrected chi connectivity index (χ3v) is 5.17. The van der Waals surface area contributed by atoms with Crippen LogP contribution >= 0.6 is 0 Å². The smallest absolute Gasteiger partial charge is 0.275 e. The minimum absolute atomic E-state index is 0.0130. The van der Waals surface area contributed by atoms with Crippen LogP contribution in [-0.2, 0) is 9.59 Å². The number of piperazine rings is 1. The van der Waals surface area contributed by atoms with Gasteiger partial charge in [-0.05, 0) is 67.8 Å². The summed E-state index contributed by atoms with van der Waals surface area (Å²) in [5.41, 5.74) is 1.81. The number of ether oxygens (including phenoxy) is 1. The molecule has 7 heteroatoms. The number of anilines is 1. The van der Waals surface area contributed by atoms with E-state index in [2.05, 4.69) is 0 Å². The van der Waals surface area contributed by atoms with Crippen LogP contribution in [0.5, 0.6) is 17.2 Å². The van der Waals surface area contributed by atoms with Crippen molar-refractivity contribution in [1.29, 1.82) is 0 Å². The number of hydrogen-bond donors (Lipinski definition) is 2. The Morgan fingerprint density at radius 1 is 1.03 bits per heavy atom. The summed E-state index contributed by atoms with van der Waals surface area (Å²) in [4.78, 5) is 29.1. The molecule has 2 aromatic rings. The first-order valence-corrected chi connectivity index (χ1v) is 9.60. The molecular weight excluding hydrogens is 372 g/mol. The zero-order valence-corrected chi connectivity index (χ0v) is 16.1. The van der Waals surface area contributed by atoms with Gasteiger partial charge >= 0.3 is 0 Å². The highest BCUT2D eigenvalue weighted by Crippen LogP contribution is 2.39. The third kappa shape index (κ3) is 3.40. The Balaban J connectivity index is 1.78. The molecule has 7 nitrogen and oxygen atoms in total. The molecule has 2 aliphatic rings. The van der Waals surface area contributed by atoms with Gasteiger partial charge in [-0.2, -0.15) is 0 Å². The number of carbonyl (C=O) groups excluding carboxylic acids is 2. The number of aromatic hydroxyl groups is 2. The van der Waals surface area contributed by atoms with E-state index in [1.54, 1.807) is 24.3 Å². The van der Waals surface area contributed by atoms with Crippen molar-refractivity contribution in [3.8, 4) is 17.2 Å². The molecule has 4 rings (SSSR count). The molecule has 0 atom stereocenters. The fourth-order valence-electron chi connectivity index (χ4n) is 3.85. The van der Waals surface area contributed by atoms with Gasteiger partial charge in [0.15, 0.2) is 0 Å². The summed E-state index contributed by atoms with van der Waals surface area (Å²) < 4.78 is 5.44. The molecular formula is C22H22N2O5. The lowest BCUT2D eigenvalue weighted by atomic mass is 9.92. The van der Waals surface area contributed by atoms with Crippen LogP contribution in [0.4, 0.5) is 5.69 Å². The Labute approximate surface area is 168 Å². The van der Waals surface area contributed by atoms with Crippen LogP contribution in [-0.4, -0.2) is 46.6 Å². The largest absolute Gasteiger partial charge is 0.508 e. The van der Waals surface area contributed by atoms with Crippen molar-refractivity contribution < 1.29 is 24.5 Å². The van der Waals surface area contributed by atoms with Gasteiger partial charge < -0.3 is 19.8 Å². The second kappa shape index (κ2) is 7.50. The molecule has 0 bridgehead atoms. The molecule has 0 aromatic heterocycles. The van der Waals surface area contributed by atoms with Crippen molar-refractivity contribution >= 4 is 23.1 Å². The highest BCUT2D eigenvalue weighted by molar-refractivity contribution is 6.17. The van der Waals surface area contributed by atoms with E-state index in [4.69, 9.17) is 4.74 Å². The van der Waals surface area contributed by atoms with Crippen LogP contribution < -0.4 is 9.64 Å². The quantitative estimate of drug-likeness (QED) is 0.779. The van der Waals surface area contributed by atoms with Crippen LogP contribution in [0.15, 0.2) is 48.2 Å². The summed E-state index contributed by atoms with van der Waals surface area (Å²) in [6, 6.07) is 11.2. The average Bonchev–Trinajstić information content (AvgIpc) is 2.73. The van der Waals surface area contributed by atoms with Gasteiger partial charge in [0, 0.05) is 17.8 Å². The second-order valence-electron chi connectivity index (χ2n) is 7.00. The van der Waals surface area contributed by atoms with E-state index in [-0.39, 0.29) is 35.6 Å². The molecule has 1 fully saturated rings. The molecule has 2 amide bonds. The number of phenols is 2. The third-order valence-electron chi connectivity index (χ3n) is 5.17. The van der Waals surface area contributed by atoms with Gasteiger partial charge in [0.25, 0.3) is 5.91 Å². The van der Waals surface area contributed by atoms with Gasteiger partial charge in [-0.15, -0.1) is 0 Å². The number of phenolic OH excluding ortho intramolecular Hbond substituents is 2. The maximum atomic E-state index is 13.4. The van der Waals surface area contributed by atoms with Crippen molar-refractivity contribution in [2.45, 2.75) is 19.8 Å². The molecule has 2 aliphatic heterocycles. The van der Waals surface area contributed by atoms with Crippen molar-refractivity contribution in [1.82, 2.24) is 4.90 Å². The average molecular weight is 394 g/mol. The van der Waals surface area contributed by atoms with Crippen molar-refractivity contribution in [2.75, 3.05) is 24.6 Å². The molecule has 0 aliphatic carbocycles. The number of hydrogen-bond acceptors (Lipinski definition) is 5. The molecule has 0 spiro atoms. The maximum absolute atomic E-state index is 13.4. The van der Waals surface area contributed by atoms with Gasteiger partial charge in [0.1, 0.15) is 29.5 Å². The van der Waals surface area contributed by atoms with Crippen LogP contribution in [0, 0.1) is 0 Å². The lowest BCUT2D eigenvalue weighted by Crippen LogP contribution is -2.54. The van der Waals surface area contributed by atoms with Crippen LogP contribution in [0.3, 0.4) is 0 Å². The molecule has 1 saturated heterocycles. The zero-order valence-electron chi connectivity index (χ0n) is 16.1. The summed E-state index contributed by atoms with van der Waals surface area (Å²) in [6.45, 7) is 2.85. The predicted molar refractivity (Wildman–Crippen MR) is 108 cm³/mol. The lowest BCUT2D eigenvalue weighted by molar-refractivity contribution is -0.134. The normalized spacial score (nSPS) is 16.9. The Morgan fingerprint density at radius 2 is 1.79 bits per heavy atom. The highest BCUT2D eigenvalue weighted by Gasteiger charge is 2.39. The Bertz CT molecular complexity index is 997. The van der Waals surface area contributed by atoms with Crippen LogP contribution in [0.2, 0.25) is 0 Å². The zero-order chi connectivity index (χ0) is 20.5. The molecule has 29 heavy (non-hydrogen) atoms. The van der Waals surface area contributed by atoms with Gasteiger partial charge in [0.2, 0.25) is 5.91 Å². The molecule has 0 unspecified atom stereocenters. The Kier molecular flexibility index (Phi) is 4.88. The Hall–Kier alpha value is -3.48. The number of benzene rings is 2. The maximum Gasteiger partial charge on any atom is 0.275 e. The van der Waals surface area contributed by atoms with Gasteiger partial charge in [-0.1, -0.05) is 0 Å². The monoisotopic (exact) mass is 394 g/mol. The summed E-state index contributed by atoms with van der Waals surface area (Å²) >= 11 is 0. The molecule has 2 heterocycles. The number of nitrogens with zero attached hydrogens (tertiary/aromatic N) is 2. The fourth-order valence-corrected chi connectivity index (χ4v) is 3.85. The number of allylic oxidation sites excluding steroid dienone is 1. The van der Waals surface area contributed by atoms with Crippen molar-refractivity contribution in [2.24, 2.45) is 0 Å². The predicted octanol–water partition coefficient (Wildman–Crippen LogP) is 2.88. The van der Waals surface area contributed by atoms with Crippen LogP contribution in [0.1, 0.15) is 25.3 Å². The number of carbonyl (C=O) groups is 2. The lowest BCUT2D eigenvalue weighted by Gasteiger charge is -2.39. The van der Waals surface area contributed by atoms with E-state index in [9.17, 15) is 19.8 Å². The van der Waals surface area contributed by atoms with Gasteiger partial charge in [-0.3, -0.25) is 14.5 Å². The molecule has 2 N–H and O–H groups in total. The molecule has 2 aromatic carbocycles. The summed E-state index contributed by atoms with van der Waals surface area (Å²) in [6.07, 6.45) is 1.20. The van der Waals surface area contributed by atoms with Crippen molar-refractivity contribution in [3.05, 3.63) is 53.7 Å². The standard InChI is InChI=1S/C22H22N2O5/c1-2-29-16-8-5-14(6-9-16)24-13-20(27)23-11-3-4-17(21(23)22(24)28)18-12-15(25)7-10-19(18)26/h5-10,12,25-26H,2-4,11,13H2,1H3. The first-order valence-electron chi connectivity index (χ1n) is 9.60. The van der Waals surface area contributed by atoms with E-state index < -0.39 is 0 Å².